The Balaban J connectivity index is 0.000000490. The van der Waals surface area contributed by atoms with Crippen LogP contribution in [0.2, 0.25) is 0 Å². The van der Waals surface area contributed by atoms with Crippen molar-refractivity contribution in [1.29, 1.82) is 0 Å². The first-order valence-electron chi connectivity index (χ1n) is 2.01. The van der Waals surface area contributed by atoms with Gasteiger partial charge in [-0.1, -0.05) is 20.4 Å². The van der Waals surface area contributed by atoms with Crippen LogP contribution in [0.25, 0.3) is 0 Å². The van der Waals surface area contributed by atoms with Crippen molar-refractivity contribution in [3.63, 3.8) is 0 Å². The summed E-state index contributed by atoms with van der Waals surface area (Å²) < 4.78 is 1.10. The van der Waals surface area contributed by atoms with Crippen molar-refractivity contribution in [3.05, 3.63) is 34.8 Å². The summed E-state index contributed by atoms with van der Waals surface area (Å²) in [7, 11) is 0. The molecule has 0 unspecified atom stereocenters. The second-order valence-corrected chi connectivity index (χ2v) is 2.13. The fraction of sp³-hybridized carbons (Fsp3) is 0. The van der Waals surface area contributed by atoms with Gasteiger partial charge in [0.15, 0.2) is 0 Å². The van der Waals surface area contributed by atoms with Gasteiger partial charge < -0.3 is 0 Å². The minimum atomic E-state index is 0. The molecule has 1 aromatic carbocycles. The van der Waals surface area contributed by atoms with Crippen LogP contribution in [-0.2, 0) is 0 Å². The molecule has 0 aliphatic rings. The average Bonchev–Trinajstić information content (AvgIpc) is 1.69. The number of halogens is 1. The monoisotopic (exact) mass is 178 g/mol. The van der Waals surface area contributed by atoms with Gasteiger partial charge in [0.25, 0.3) is 0 Å². The van der Waals surface area contributed by atoms with Crippen molar-refractivity contribution in [2.45, 2.75) is 0 Å². The van der Waals surface area contributed by atoms with Crippen molar-refractivity contribution in [2.24, 2.45) is 0 Å². The normalized spacial score (nSPS) is 7.62. The zero-order valence-electron chi connectivity index (χ0n) is 4.69. The molecule has 0 saturated carbocycles. The van der Waals surface area contributed by atoms with E-state index in [4.69, 9.17) is 0 Å². The molecule has 0 spiro atoms. The van der Waals surface area contributed by atoms with E-state index in [0.29, 0.717) is 0 Å². The van der Waals surface area contributed by atoms with E-state index in [1.165, 1.54) is 0 Å². The number of rotatable bonds is 0. The first-order chi connectivity index (χ1) is 3.39. The van der Waals surface area contributed by atoms with E-state index < -0.39 is 0 Å². The molecule has 8 heavy (non-hydrogen) atoms. The molecule has 0 aromatic heterocycles. The van der Waals surface area contributed by atoms with Crippen LogP contribution in [0.5, 0.6) is 0 Å². The summed E-state index contributed by atoms with van der Waals surface area (Å²) in [5, 5.41) is 0. The Bertz CT molecular complexity index is 138. The SMILES string of the molecule is Brc1cc[c-]cc1.[Na+]. The molecule has 0 bridgehead atoms. The first kappa shape index (κ1) is 8.70. The van der Waals surface area contributed by atoms with Gasteiger partial charge >= 0.3 is 29.6 Å². The Hall–Kier alpha value is 0.700. The van der Waals surface area contributed by atoms with Crippen LogP contribution in [0.15, 0.2) is 28.7 Å². The van der Waals surface area contributed by atoms with Gasteiger partial charge in [-0.15, -0.1) is 0 Å². The number of hydrogen-bond acceptors (Lipinski definition) is 0. The topological polar surface area (TPSA) is 0 Å². The van der Waals surface area contributed by atoms with E-state index >= 15 is 0 Å². The summed E-state index contributed by atoms with van der Waals surface area (Å²) in [5.41, 5.74) is 0. The van der Waals surface area contributed by atoms with Gasteiger partial charge in [0.1, 0.15) is 0 Å². The summed E-state index contributed by atoms with van der Waals surface area (Å²) >= 11 is 3.29. The minimum absolute atomic E-state index is 0. The molecule has 0 radical (unpaired) electrons. The zero-order valence-corrected chi connectivity index (χ0v) is 8.27. The summed E-state index contributed by atoms with van der Waals surface area (Å²) in [4.78, 5) is 0. The van der Waals surface area contributed by atoms with Crippen LogP contribution in [0.1, 0.15) is 0 Å². The van der Waals surface area contributed by atoms with E-state index in [2.05, 4.69) is 22.0 Å². The summed E-state index contributed by atoms with van der Waals surface area (Å²) in [6.45, 7) is 0. The maximum Gasteiger partial charge on any atom is 1.00 e. The van der Waals surface area contributed by atoms with Crippen molar-refractivity contribution in [2.75, 3.05) is 0 Å². The van der Waals surface area contributed by atoms with Crippen LogP contribution in [-0.4, -0.2) is 0 Å². The Morgan fingerprint density at radius 2 is 1.75 bits per heavy atom. The zero-order chi connectivity index (χ0) is 5.11. The third-order valence-corrected chi connectivity index (χ3v) is 1.21. The van der Waals surface area contributed by atoms with Crippen LogP contribution in [0.4, 0.5) is 0 Å². The molecular formula is C6H4BrNa. The van der Waals surface area contributed by atoms with Gasteiger partial charge in [-0.3, -0.25) is 0 Å². The summed E-state index contributed by atoms with van der Waals surface area (Å²) in [5.74, 6) is 0. The fourth-order valence-electron chi connectivity index (χ4n) is 0.367. The average molecular weight is 179 g/mol. The maximum atomic E-state index is 3.29. The standard InChI is InChI=1S/C6H4Br.Na/c7-6-4-2-1-3-5-6;/h2-5H;/q-1;+1. The van der Waals surface area contributed by atoms with Gasteiger partial charge in [0, 0.05) is 0 Å². The molecule has 0 nitrogen and oxygen atoms in total. The molecule has 2 heteroatoms. The van der Waals surface area contributed by atoms with Crippen LogP contribution in [0.3, 0.4) is 0 Å². The Labute approximate surface area is 79.7 Å². The smallest absolute Gasteiger partial charge is 0.184 e. The molecule has 0 atom stereocenters. The van der Waals surface area contributed by atoms with Crippen molar-refractivity contribution in [3.8, 4) is 0 Å². The van der Waals surface area contributed by atoms with Gasteiger partial charge in [0.05, 0.1) is 0 Å². The maximum absolute atomic E-state index is 3.29. The van der Waals surface area contributed by atoms with Gasteiger partial charge in [-0.05, 0) is 0 Å². The molecule has 0 heterocycles. The first-order valence-corrected chi connectivity index (χ1v) is 2.80. The summed E-state index contributed by atoms with van der Waals surface area (Å²) in [6, 6.07) is 10.5. The molecule has 0 aliphatic heterocycles. The molecule has 0 fully saturated rings. The van der Waals surface area contributed by atoms with E-state index in [1.807, 2.05) is 24.3 Å². The van der Waals surface area contributed by atoms with Crippen molar-refractivity contribution >= 4 is 15.9 Å². The third-order valence-electron chi connectivity index (χ3n) is 0.678. The molecule has 0 aliphatic carbocycles. The van der Waals surface area contributed by atoms with Crippen molar-refractivity contribution < 1.29 is 29.6 Å². The van der Waals surface area contributed by atoms with E-state index in [0.717, 1.165) is 4.47 Å². The molecule has 1 rings (SSSR count). The fourth-order valence-corrected chi connectivity index (χ4v) is 0.631. The van der Waals surface area contributed by atoms with E-state index in [-0.39, 0.29) is 29.6 Å². The van der Waals surface area contributed by atoms with Crippen LogP contribution in [0, 0.1) is 6.07 Å². The second kappa shape index (κ2) is 4.57. The Morgan fingerprint density at radius 1 is 1.25 bits per heavy atom. The van der Waals surface area contributed by atoms with Gasteiger partial charge in [-0.25, -0.2) is 0 Å². The number of hydrogen-bond donors (Lipinski definition) is 0. The van der Waals surface area contributed by atoms with Crippen molar-refractivity contribution in [1.82, 2.24) is 0 Å². The predicted molar refractivity (Wildman–Crippen MR) is 33.0 cm³/mol. The molecule has 0 amide bonds. The molecule has 1 aromatic rings. The Kier molecular flexibility index (Phi) is 4.97. The van der Waals surface area contributed by atoms with E-state index in [1.54, 1.807) is 0 Å². The number of benzene rings is 1. The minimum Gasteiger partial charge on any atom is -0.184 e. The molecule has 0 saturated heterocycles. The molecule has 36 valence electrons. The van der Waals surface area contributed by atoms with Gasteiger partial charge in [-0.2, -0.15) is 30.3 Å². The predicted octanol–water partition coefficient (Wildman–Crippen LogP) is -0.747. The molecule has 0 N–H and O–H groups in total. The van der Waals surface area contributed by atoms with Gasteiger partial charge in [0.2, 0.25) is 0 Å². The third kappa shape index (κ3) is 2.88. The largest absolute Gasteiger partial charge is 1.00 e. The summed E-state index contributed by atoms with van der Waals surface area (Å²) in [6.07, 6.45) is 0. The molecular weight excluding hydrogens is 175 g/mol. The van der Waals surface area contributed by atoms with Crippen LogP contribution < -0.4 is 29.6 Å². The second-order valence-electron chi connectivity index (χ2n) is 1.22. The van der Waals surface area contributed by atoms with Crippen LogP contribution >= 0.6 is 15.9 Å². The van der Waals surface area contributed by atoms with E-state index in [9.17, 15) is 0 Å². The Morgan fingerprint density at radius 3 is 2.00 bits per heavy atom. The quantitative estimate of drug-likeness (QED) is 0.363.